The van der Waals surface area contributed by atoms with E-state index in [2.05, 4.69) is 10.6 Å². The molecule has 19 heavy (non-hydrogen) atoms. The largest absolute Gasteiger partial charge is 0.383 e. The van der Waals surface area contributed by atoms with E-state index in [1.54, 1.807) is 13.0 Å². The third-order valence-electron chi connectivity index (χ3n) is 2.44. The molecule has 1 heterocycles. The third kappa shape index (κ3) is 4.98. The van der Waals surface area contributed by atoms with Crippen molar-refractivity contribution < 1.29 is 19.4 Å². The van der Waals surface area contributed by atoms with E-state index in [1.807, 2.05) is 11.4 Å². The van der Waals surface area contributed by atoms with Crippen LogP contribution in [0.2, 0.25) is 0 Å². The summed E-state index contributed by atoms with van der Waals surface area (Å²) in [5, 5.41) is 16.8. The summed E-state index contributed by atoms with van der Waals surface area (Å²) in [5.74, 6) is -1.51. The van der Waals surface area contributed by atoms with Gasteiger partial charge in [0.2, 0.25) is 0 Å². The number of aliphatic hydroxyl groups is 1. The Morgan fingerprint density at radius 2 is 2.11 bits per heavy atom. The zero-order chi connectivity index (χ0) is 14.3. The predicted octanol–water partition coefficient (Wildman–Crippen LogP) is -0.166. The van der Waals surface area contributed by atoms with Crippen LogP contribution in [0.4, 0.5) is 0 Å². The highest BCUT2D eigenvalue weighted by atomic mass is 32.1. The predicted molar refractivity (Wildman–Crippen MR) is 71.8 cm³/mol. The molecule has 2 amide bonds. The van der Waals surface area contributed by atoms with Crippen LogP contribution in [0.1, 0.15) is 11.8 Å². The molecule has 1 atom stereocenters. The lowest BCUT2D eigenvalue weighted by Crippen LogP contribution is -2.45. The summed E-state index contributed by atoms with van der Waals surface area (Å²) in [6.07, 6.45) is 0. The zero-order valence-electron chi connectivity index (χ0n) is 10.9. The molecule has 0 radical (unpaired) electrons. The lowest BCUT2D eigenvalue weighted by molar-refractivity contribution is -0.139. The number of carbonyl (C=O) groups is 2. The van der Waals surface area contributed by atoms with Crippen molar-refractivity contribution in [3.05, 3.63) is 22.4 Å². The Hall–Kier alpha value is -1.44. The highest BCUT2D eigenvalue weighted by Crippen LogP contribution is 2.24. The average Bonchev–Trinajstić information content (AvgIpc) is 2.90. The van der Waals surface area contributed by atoms with E-state index in [9.17, 15) is 14.7 Å². The van der Waals surface area contributed by atoms with Gasteiger partial charge >= 0.3 is 11.8 Å². The minimum atomic E-state index is -1.18. The summed E-state index contributed by atoms with van der Waals surface area (Å²) in [4.78, 5) is 23.6. The first-order valence-corrected chi connectivity index (χ1v) is 6.66. The van der Waals surface area contributed by atoms with Gasteiger partial charge in [0.15, 0.2) is 0 Å². The molecule has 6 nitrogen and oxygen atoms in total. The molecular weight excluding hydrogens is 268 g/mol. The molecule has 0 aromatic carbocycles. The molecule has 0 aliphatic rings. The lowest BCUT2D eigenvalue weighted by Gasteiger charge is -2.22. The average molecular weight is 286 g/mol. The molecule has 7 heteroatoms. The number of thiophene rings is 1. The van der Waals surface area contributed by atoms with Crippen molar-refractivity contribution in [2.24, 2.45) is 0 Å². The SMILES string of the molecule is COCCNC(=O)C(=O)NC[C@@](C)(O)c1cccs1. The fourth-order valence-corrected chi connectivity index (χ4v) is 2.14. The Labute approximate surface area is 115 Å². The third-order valence-corrected chi connectivity index (χ3v) is 3.57. The van der Waals surface area contributed by atoms with Gasteiger partial charge in [0.25, 0.3) is 0 Å². The Morgan fingerprint density at radius 1 is 1.42 bits per heavy atom. The second-order valence-corrected chi connectivity index (χ2v) is 5.13. The summed E-state index contributed by atoms with van der Waals surface area (Å²) >= 11 is 1.39. The molecule has 0 unspecified atom stereocenters. The summed E-state index contributed by atoms with van der Waals surface area (Å²) in [7, 11) is 1.50. The number of hydrogen-bond donors (Lipinski definition) is 3. The van der Waals surface area contributed by atoms with E-state index in [1.165, 1.54) is 18.4 Å². The van der Waals surface area contributed by atoms with Crippen LogP contribution in [-0.4, -0.2) is 43.7 Å². The van der Waals surface area contributed by atoms with Crippen LogP contribution in [0, 0.1) is 0 Å². The number of carbonyl (C=O) groups excluding carboxylic acids is 2. The van der Waals surface area contributed by atoms with Gasteiger partial charge in [0, 0.05) is 18.5 Å². The van der Waals surface area contributed by atoms with Crippen molar-refractivity contribution in [3.63, 3.8) is 0 Å². The van der Waals surface area contributed by atoms with Crippen molar-refractivity contribution in [1.82, 2.24) is 10.6 Å². The molecule has 1 rings (SSSR count). The molecule has 0 fully saturated rings. The van der Waals surface area contributed by atoms with Crippen molar-refractivity contribution in [2.45, 2.75) is 12.5 Å². The normalized spacial score (nSPS) is 13.6. The molecule has 0 saturated heterocycles. The fraction of sp³-hybridized carbons (Fsp3) is 0.500. The van der Waals surface area contributed by atoms with Gasteiger partial charge in [0.1, 0.15) is 5.60 Å². The molecular formula is C12H18N2O4S. The topological polar surface area (TPSA) is 87.7 Å². The highest BCUT2D eigenvalue weighted by molar-refractivity contribution is 7.10. The Kier molecular flexibility index (Phi) is 5.94. The summed E-state index contributed by atoms with van der Waals surface area (Å²) in [6.45, 7) is 2.17. The van der Waals surface area contributed by atoms with Gasteiger partial charge in [-0.1, -0.05) is 6.07 Å². The zero-order valence-corrected chi connectivity index (χ0v) is 11.8. The van der Waals surface area contributed by atoms with E-state index < -0.39 is 17.4 Å². The first-order valence-electron chi connectivity index (χ1n) is 5.78. The van der Waals surface area contributed by atoms with Gasteiger partial charge in [-0.15, -0.1) is 11.3 Å². The number of nitrogens with one attached hydrogen (secondary N) is 2. The molecule has 0 aliphatic carbocycles. The highest BCUT2D eigenvalue weighted by Gasteiger charge is 2.26. The number of rotatable bonds is 6. The van der Waals surface area contributed by atoms with Crippen LogP contribution in [0.3, 0.4) is 0 Å². The van der Waals surface area contributed by atoms with Gasteiger partial charge in [0.05, 0.1) is 13.2 Å². The standard InChI is InChI=1S/C12H18N2O4S/c1-12(17,9-4-3-7-19-9)8-14-11(16)10(15)13-5-6-18-2/h3-4,7,17H,5-6,8H2,1-2H3,(H,13,15)(H,14,16)/t12-/m1/s1. The van der Waals surface area contributed by atoms with Crippen molar-refractivity contribution in [2.75, 3.05) is 26.8 Å². The van der Waals surface area contributed by atoms with Crippen molar-refractivity contribution >= 4 is 23.2 Å². The Bertz CT molecular complexity index is 417. The van der Waals surface area contributed by atoms with Crippen molar-refractivity contribution in [3.8, 4) is 0 Å². The second kappa shape index (κ2) is 7.22. The van der Waals surface area contributed by atoms with Gasteiger partial charge in [-0.05, 0) is 18.4 Å². The quantitative estimate of drug-likeness (QED) is 0.501. The number of ether oxygens (including phenoxy) is 1. The maximum Gasteiger partial charge on any atom is 0.309 e. The molecule has 0 spiro atoms. The monoisotopic (exact) mass is 286 g/mol. The maximum absolute atomic E-state index is 11.5. The van der Waals surface area contributed by atoms with Crippen LogP contribution in [0.25, 0.3) is 0 Å². The number of methoxy groups -OCH3 is 1. The summed E-state index contributed by atoms with van der Waals surface area (Å²) < 4.78 is 4.75. The molecule has 1 aromatic heterocycles. The van der Waals surface area contributed by atoms with Crippen LogP contribution in [0.15, 0.2) is 17.5 Å². The molecule has 0 saturated carbocycles. The van der Waals surface area contributed by atoms with Gasteiger partial charge in [-0.3, -0.25) is 9.59 Å². The molecule has 1 aromatic rings. The van der Waals surface area contributed by atoms with Crippen molar-refractivity contribution in [1.29, 1.82) is 0 Å². The minimum Gasteiger partial charge on any atom is -0.383 e. The number of amides is 2. The second-order valence-electron chi connectivity index (χ2n) is 4.18. The van der Waals surface area contributed by atoms with Crippen LogP contribution >= 0.6 is 11.3 Å². The van der Waals surface area contributed by atoms with Gasteiger partial charge in [-0.2, -0.15) is 0 Å². The van der Waals surface area contributed by atoms with Crippen LogP contribution in [0.5, 0.6) is 0 Å². The van der Waals surface area contributed by atoms with E-state index in [4.69, 9.17) is 4.74 Å². The summed E-state index contributed by atoms with van der Waals surface area (Å²) in [6, 6.07) is 3.59. The molecule has 0 aliphatic heterocycles. The minimum absolute atomic E-state index is 0.0238. The van der Waals surface area contributed by atoms with E-state index in [0.717, 1.165) is 4.88 Å². The molecule has 3 N–H and O–H groups in total. The van der Waals surface area contributed by atoms with E-state index in [-0.39, 0.29) is 13.1 Å². The number of hydrogen-bond acceptors (Lipinski definition) is 5. The smallest absolute Gasteiger partial charge is 0.309 e. The van der Waals surface area contributed by atoms with Crippen LogP contribution in [-0.2, 0) is 19.9 Å². The first kappa shape index (κ1) is 15.6. The van der Waals surface area contributed by atoms with Crippen LogP contribution < -0.4 is 10.6 Å². The van der Waals surface area contributed by atoms with E-state index in [0.29, 0.717) is 6.61 Å². The maximum atomic E-state index is 11.5. The first-order chi connectivity index (χ1) is 8.97. The lowest BCUT2D eigenvalue weighted by atomic mass is 10.1. The summed E-state index contributed by atoms with van der Waals surface area (Å²) in [5.41, 5.74) is -1.18. The molecule has 106 valence electrons. The fourth-order valence-electron chi connectivity index (χ4n) is 1.35. The Morgan fingerprint density at radius 3 is 2.68 bits per heavy atom. The molecule has 0 bridgehead atoms. The van der Waals surface area contributed by atoms with Gasteiger partial charge in [-0.25, -0.2) is 0 Å². The Balaban J connectivity index is 2.39. The van der Waals surface area contributed by atoms with E-state index >= 15 is 0 Å². The van der Waals surface area contributed by atoms with Gasteiger partial charge < -0.3 is 20.5 Å².